The molecule has 4 unspecified atom stereocenters. The predicted molar refractivity (Wildman–Crippen MR) is 46.0 cm³/mol. The minimum absolute atomic E-state index is 0.108. The van der Waals surface area contributed by atoms with E-state index in [0.717, 1.165) is 6.42 Å². The van der Waals surface area contributed by atoms with E-state index in [1.807, 2.05) is 6.08 Å². The molecule has 0 spiro atoms. The van der Waals surface area contributed by atoms with Gasteiger partial charge < -0.3 is 5.73 Å². The van der Waals surface area contributed by atoms with Gasteiger partial charge in [-0.1, -0.05) is 12.2 Å². The first kappa shape index (κ1) is 8.27. The lowest BCUT2D eigenvalue weighted by atomic mass is 9.89. The third kappa shape index (κ3) is 1.12. The van der Waals surface area contributed by atoms with Gasteiger partial charge in [0.25, 0.3) is 0 Å². The molecule has 4 atom stereocenters. The molecule has 2 bridgehead atoms. The lowest BCUT2D eigenvalue weighted by Gasteiger charge is -2.21. The Bertz CT molecular complexity index is 304. The zero-order valence-corrected chi connectivity index (χ0v) is 7.10. The lowest BCUT2D eigenvalue weighted by Crippen LogP contribution is -2.42. The standard InChI is InChI=1S/C9H11N3O/c10-4-12-9(13)7-5-1-2-6(3-5)8(7)11/h1-2,5-8H,3,11H2,(H,12,13). The van der Waals surface area contributed by atoms with Gasteiger partial charge >= 0.3 is 0 Å². The molecule has 2 aliphatic rings. The summed E-state index contributed by atoms with van der Waals surface area (Å²) >= 11 is 0. The molecule has 4 nitrogen and oxygen atoms in total. The van der Waals surface area contributed by atoms with Crippen molar-refractivity contribution in [1.29, 1.82) is 5.26 Å². The maximum Gasteiger partial charge on any atom is 0.238 e. The molecule has 0 saturated heterocycles. The summed E-state index contributed by atoms with van der Waals surface area (Å²) in [4.78, 5) is 11.4. The van der Waals surface area contributed by atoms with Crippen LogP contribution in [0.1, 0.15) is 6.42 Å². The Morgan fingerprint density at radius 1 is 1.54 bits per heavy atom. The molecule has 1 saturated carbocycles. The average molecular weight is 177 g/mol. The molecule has 0 aromatic carbocycles. The molecule has 0 aromatic heterocycles. The lowest BCUT2D eigenvalue weighted by molar-refractivity contribution is -0.124. The van der Waals surface area contributed by atoms with Crippen molar-refractivity contribution in [3.05, 3.63) is 12.2 Å². The average Bonchev–Trinajstić information content (AvgIpc) is 2.63. The number of fused-ring (bicyclic) bond motifs is 2. The third-order valence-corrected chi connectivity index (χ3v) is 3.00. The van der Waals surface area contributed by atoms with E-state index in [0.29, 0.717) is 5.92 Å². The number of allylic oxidation sites excluding steroid dienone is 1. The van der Waals surface area contributed by atoms with Crippen molar-refractivity contribution in [2.45, 2.75) is 12.5 Å². The first-order valence-corrected chi connectivity index (χ1v) is 4.37. The highest BCUT2D eigenvalue weighted by Gasteiger charge is 2.46. The van der Waals surface area contributed by atoms with Gasteiger partial charge in [-0.2, -0.15) is 5.26 Å². The molecule has 3 N–H and O–H groups in total. The summed E-state index contributed by atoms with van der Waals surface area (Å²) in [6, 6.07) is -0.108. The molecule has 2 rings (SSSR count). The molecule has 68 valence electrons. The van der Waals surface area contributed by atoms with Crippen LogP contribution in [-0.2, 0) is 4.79 Å². The number of nitrogens with zero attached hydrogens (tertiary/aromatic N) is 1. The second-order valence-corrected chi connectivity index (χ2v) is 3.65. The van der Waals surface area contributed by atoms with E-state index in [1.165, 1.54) is 0 Å². The Morgan fingerprint density at radius 2 is 2.23 bits per heavy atom. The molecular formula is C9H11N3O. The fourth-order valence-corrected chi connectivity index (χ4v) is 2.37. The van der Waals surface area contributed by atoms with Crippen LogP contribution in [-0.4, -0.2) is 11.9 Å². The number of carbonyl (C=O) groups is 1. The molecule has 13 heavy (non-hydrogen) atoms. The van der Waals surface area contributed by atoms with Gasteiger partial charge in [0.15, 0.2) is 6.19 Å². The first-order chi connectivity index (χ1) is 6.24. The first-order valence-electron chi connectivity index (χ1n) is 4.37. The Morgan fingerprint density at radius 3 is 2.77 bits per heavy atom. The Kier molecular flexibility index (Phi) is 1.82. The van der Waals surface area contributed by atoms with E-state index in [2.05, 4.69) is 11.4 Å². The van der Waals surface area contributed by atoms with Crippen LogP contribution in [0, 0.1) is 29.2 Å². The largest absolute Gasteiger partial charge is 0.326 e. The molecule has 4 heteroatoms. The summed E-state index contributed by atoms with van der Waals surface area (Å²) in [5, 5.41) is 10.5. The quantitative estimate of drug-likeness (QED) is 0.329. The van der Waals surface area contributed by atoms with E-state index >= 15 is 0 Å². The maximum atomic E-state index is 11.4. The second-order valence-electron chi connectivity index (χ2n) is 3.65. The SMILES string of the molecule is N#CNC(=O)C1C2C=CC(C2)C1N. The van der Waals surface area contributed by atoms with Gasteiger partial charge in [0.1, 0.15) is 0 Å². The number of carbonyl (C=O) groups excluding carboxylic acids is 1. The zero-order chi connectivity index (χ0) is 9.42. The number of amides is 1. The second kappa shape index (κ2) is 2.86. The van der Waals surface area contributed by atoms with Crippen molar-refractivity contribution in [3.63, 3.8) is 0 Å². The van der Waals surface area contributed by atoms with E-state index in [-0.39, 0.29) is 23.8 Å². The van der Waals surface area contributed by atoms with Crippen LogP contribution < -0.4 is 11.1 Å². The van der Waals surface area contributed by atoms with Crippen molar-refractivity contribution in [2.24, 2.45) is 23.5 Å². The van der Waals surface area contributed by atoms with Crippen LogP contribution in [0.2, 0.25) is 0 Å². The van der Waals surface area contributed by atoms with Crippen LogP contribution in [0.5, 0.6) is 0 Å². The van der Waals surface area contributed by atoms with Crippen LogP contribution in [0.25, 0.3) is 0 Å². The van der Waals surface area contributed by atoms with Crippen LogP contribution in [0.4, 0.5) is 0 Å². The summed E-state index contributed by atoms with van der Waals surface area (Å²) in [5.41, 5.74) is 5.87. The van der Waals surface area contributed by atoms with Crippen LogP contribution >= 0.6 is 0 Å². The number of hydrogen-bond donors (Lipinski definition) is 2. The Labute approximate surface area is 76.4 Å². The van der Waals surface area contributed by atoms with E-state index in [4.69, 9.17) is 11.0 Å². The minimum atomic E-state index is -0.230. The van der Waals surface area contributed by atoms with Crippen LogP contribution in [0.3, 0.4) is 0 Å². The molecule has 0 aliphatic heterocycles. The van der Waals surface area contributed by atoms with E-state index < -0.39 is 0 Å². The van der Waals surface area contributed by atoms with Gasteiger partial charge in [0.05, 0.1) is 5.92 Å². The van der Waals surface area contributed by atoms with Crippen molar-refractivity contribution in [3.8, 4) is 6.19 Å². The van der Waals surface area contributed by atoms with E-state index in [9.17, 15) is 4.79 Å². The number of nitrogens with one attached hydrogen (secondary N) is 1. The number of nitrogens with two attached hydrogens (primary N) is 1. The highest BCUT2D eigenvalue weighted by Crippen LogP contribution is 2.42. The molecule has 1 fully saturated rings. The molecule has 0 heterocycles. The van der Waals surface area contributed by atoms with Gasteiger partial charge in [-0.15, -0.1) is 0 Å². The number of rotatable bonds is 1. The summed E-state index contributed by atoms with van der Waals surface area (Å²) < 4.78 is 0. The predicted octanol–water partition coefficient (Wildman–Crippen LogP) is -0.267. The van der Waals surface area contributed by atoms with Crippen molar-refractivity contribution >= 4 is 5.91 Å². The summed E-state index contributed by atoms with van der Waals surface area (Å²) in [6.45, 7) is 0. The fraction of sp³-hybridized carbons (Fsp3) is 0.556. The summed E-state index contributed by atoms with van der Waals surface area (Å²) in [5.74, 6) is 0.147. The molecular weight excluding hydrogens is 166 g/mol. The Hall–Kier alpha value is -1.34. The van der Waals surface area contributed by atoms with Gasteiger partial charge in [0.2, 0.25) is 5.91 Å². The van der Waals surface area contributed by atoms with Gasteiger partial charge in [-0.3, -0.25) is 10.1 Å². The fourth-order valence-electron chi connectivity index (χ4n) is 2.37. The molecule has 2 aliphatic carbocycles. The summed E-state index contributed by atoms with van der Waals surface area (Å²) in [6.07, 6.45) is 6.72. The molecule has 0 radical (unpaired) electrons. The third-order valence-electron chi connectivity index (χ3n) is 3.00. The highest BCUT2D eigenvalue weighted by atomic mass is 16.1. The Balaban J connectivity index is 2.13. The normalized spacial score (nSPS) is 40.3. The zero-order valence-electron chi connectivity index (χ0n) is 7.10. The van der Waals surface area contributed by atoms with Crippen molar-refractivity contribution in [1.82, 2.24) is 5.32 Å². The van der Waals surface area contributed by atoms with Crippen LogP contribution in [0.15, 0.2) is 12.2 Å². The summed E-state index contributed by atoms with van der Waals surface area (Å²) in [7, 11) is 0. The maximum absolute atomic E-state index is 11.4. The highest BCUT2D eigenvalue weighted by molar-refractivity contribution is 5.82. The van der Waals surface area contributed by atoms with Crippen molar-refractivity contribution < 1.29 is 4.79 Å². The topological polar surface area (TPSA) is 78.9 Å². The minimum Gasteiger partial charge on any atom is -0.326 e. The van der Waals surface area contributed by atoms with Gasteiger partial charge in [0, 0.05) is 6.04 Å². The monoisotopic (exact) mass is 177 g/mol. The van der Waals surface area contributed by atoms with Gasteiger partial charge in [-0.25, -0.2) is 0 Å². The molecule has 1 amide bonds. The number of hydrogen-bond acceptors (Lipinski definition) is 3. The molecule has 0 aromatic rings. The van der Waals surface area contributed by atoms with Crippen molar-refractivity contribution in [2.75, 3.05) is 0 Å². The van der Waals surface area contributed by atoms with Gasteiger partial charge in [-0.05, 0) is 18.3 Å². The number of nitriles is 1. The van der Waals surface area contributed by atoms with E-state index in [1.54, 1.807) is 6.19 Å². The smallest absolute Gasteiger partial charge is 0.238 e.